The van der Waals surface area contributed by atoms with E-state index in [0.29, 0.717) is 12.1 Å². The molecule has 5 nitrogen and oxygen atoms in total. The van der Waals surface area contributed by atoms with Gasteiger partial charge in [0.05, 0.1) is 5.41 Å². The molecule has 2 heterocycles. The first-order valence-corrected chi connectivity index (χ1v) is 10.9. The van der Waals surface area contributed by atoms with Crippen molar-refractivity contribution >= 4 is 17.5 Å². The Labute approximate surface area is 179 Å². The minimum absolute atomic E-state index is 0.0956. The van der Waals surface area contributed by atoms with Gasteiger partial charge in [-0.15, -0.1) is 0 Å². The third-order valence-electron chi connectivity index (χ3n) is 6.58. The van der Waals surface area contributed by atoms with Crippen LogP contribution in [0.25, 0.3) is 0 Å². The molecule has 0 spiro atoms. The van der Waals surface area contributed by atoms with E-state index in [-0.39, 0.29) is 11.8 Å². The topological polar surface area (TPSA) is 43.9 Å². The number of hydrogen-bond donors (Lipinski definition) is 0. The molecule has 1 saturated heterocycles. The predicted octanol–water partition coefficient (Wildman–Crippen LogP) is 3.33. The Morgan fingerprint density at radius 1 is 0.867 bits per heavy atom. The smallest absolute Gasteiger partial charge is 0.260 e. The van der Waals surface area contributed by atoms with Crippen LogP contribution in [0.15, 0.2) is 48.5 Å². The van der Waals surface area contributed by atoms with Crippen LogP contribution in [0.4, 0.5) is 5.69 Å². The second-order valence-corrected chi connectivity index (χ2v) is 8.74. The highest BCUT2D eigenvalue weighted by molar-refractivity contribution is 6.12. The predicted molar refractivity (Wildman–Crippen MR) is 120 cm³/mol. The molecular formula is C25H31N3O2. The summed E-state index contributed by atoms with van der Waals surface area (Å²) in [7, 11) is 0. The molecule has 0 atom stereocenters. The van der Waals surface area contributed by atoms with Gasteiger partial charge in [0.2, 0.25) is 5.91 Å². The van der Waals surface area contributed by atoms with Crippen LogP contribution in [0.3, 0.4) is 0 Å². The third-order valence-corrected chi connectivity index (χ3v) is 6.58. The van der Waals surface area contributed by atoms with E-state index in [2.05, 4.69) is 41.0 Å². The Morgan fingerprint density at radius 3 is 2.27 bits per heavy atom. The lowest BCUT2D eigenvalue weighted by atomic mass is 9.77. The quantitative estimate of drug-likeness (QED) is 0.716. The van der Waals surface area contributed by atoms with Gasteiger partial charge < -0.3 is 4.90 Å². The van der Waals surface area contributed by atoms with E-state index in [1.807, 2.05) is 38.1 Å². The fourth-order valence-electron chi connectivity index (χ4n) is 4.68. The van der Waals surface area contributed by atoms with Gasteiger partial charge in [-0.05, 0) is 43.5 Å². The molecule has 2 aliphatic heterocycles. The molecule has 2 aliphatic rings. The monoisotopic (exact) mass is 405 g/mol. The number of nitrogens with zero attached hydrogens (tertiary/aromatic N) is 3. The Morgan fingerprint density at radius 2 is 1.53 bits per heavy atom. The van der Waals surface area contributed by atoms with E-state index in [9.17, 15) is 9.59 Å². The second kappa shape index (κ2) is 8.23. The van der Waals surface area contributed by atoms with E-state index in [4.69, 9.17) is 0 Å². The lowest BCUT2D eigenvalue weighted by Crippen LogP contribution is -2.55. The van der Waals surface area contributed by atoms with Crippen molar-refractivity contribution in [2.75, 3.05) is 44.2 Å². The Hall–Kier alpha value is -2.66. The number of piperazine rings is 1. The van der Waals surface area contributed by atoms with E-state index in [1.165, 1.54) is 16.2 Å². The van der Waals surface area contributed by atoms with Gasteiger partial charge in [0, 0.05) is 50.5 Å². The zero-order chi connectivity index (χ0) is 21.3. The number of fused-ring (bicyclic) bond motifs is 1. The number of hydrogen-bond acceptors (Lipinski definition) is 4. The number of amides is 2. The fourth-order valence-corrected chi connectivity index (χ4v) is 4.68. The van der Waals surface area contributed by atoms with Crippen LogP contribution in [0.2, 0.25) is 0 Å². The molecule has 0 radical (unpaired) electrons. The average Bonchev–Trinajstić information content (AvgIpc) is 2.78. The molecule has 30 heavy (non-hydrogen) atoms. The van der Waals surface area contributed by atoms with Gasteiger partial charge >= 0.3 is 0 Å². The Balaban J connectivity index is 1.39. The number of imide groups is 1. The summed E-state index contributed by atoms with van der Waals surface area (Å²) >= 11 is 0. The third kappa shape index (κ3) is 3.63. The Bertz CT molecular complexity index is 945. The van der Waals surface area contributed by atoms with Gasteiger partial charge in [-0.2, -0.15) is 0 Å². The van der Waals surface area contributed by atoms with Crippen molar-refractivity contribution in [2.24, 2.45) is 0 Å². The zero-order valence-electron chi connectivity index (χ0n) is 18.2. The highest BCUT2D eigenvalue weighted by Gasteiger charge is 2.44. The van der Waals surface area contributed by atoms with Gasteiger partial charge in [0.15, 0.2) is 0 Å². The lowest BCUT2D eigenvalue weighted by molar-refractivity contribution is -0.134. The molecule has 158 valence electrons. The van der Waals surface area contributed by atoms with Gasteiger partial charge in [-0.25, -0.2) is 0 Å². The van der Waals surface area contributed by atoms with Crippen LogP contribution in [-0.4, -0.2) is 60.9 Å². The van der Waals surface area contributed by atoms with Gasteiger partial charge in [0.25, 0.3) is 5.91 Å². The SMILES string of the molecule is CCc1ccccc1N1CCN(CCN2C(=O)c3ccccc3C(C)(C)C2=O)CC1. The van der Waals surface area contributed by atoms with Crippen LogP contribution >= 0.6 is 0 Å². The molecule has 5 heteroatoms. The molecule has 0 saturated carbocycles. The largest absolute Gasteiger partial charge is 0.369 e. The number of carbonyl (C=O) groups excluding carboxylic acids is 2. The van der Waals surface area contributed by atoms with E-state index in [0.717, 1.165) is 44.7 Å². The van der Waals surface area contributed by atoms with Crippen molar-refractivity contribution in [3.05, 3.63) is 65.2 Å². The normalized spacial score (nSPS) is 19.2. The van der Waals surface area contributed by atoms with Gasteiger partial charge in [-0.1, -0.05) is 43.3 Å². The number of carbonyl (C=O) groups is 2. The molecule has 0 bridgehead atoms. The summed E-state index contributed by atoms with van der Waals surface area (Å²) < 4.78 is 0. The van der Waals surface area contributed by atoms with Crippen LogP contribution < -0.4 is 4.90 Å². The van der Waals surface area contributed by atoms with Crippen LogP contribution in [0.1, 0.15) is 42.3 Å². The van der Waals surface area contributed by atoms with Crippen LogP contribution in [0.5, 0.6) is 0 Å². The van der Waals surface area contributed by atoms with Crippen molar-refractivity contribution in [1.82, 2.24) is 9.80 Å². The van der Waals surface area contributed by atoms with E-state index < -0.39 is 5.41 Å². The van der Waals surface area contributed by atoms with Crippen molar-refractivity contribution in [3.8, 4) is 0 Å². The number of aryl methyl sites for hydroxylation is 1. The maximum atomic E-state index is 13.1. The second-order valence-electron chi connectivity index (χ2n) is 8.74. The molecule has 0 N–H and O–H groups in total. The molecule has 1 fully saturated rings. The minimum atomic E-state index is -0.674. The summed E-state index contributed by atoms with van der Waals surface area (Å²) in [6.45, 7) is 11.0. The van der Waals surface area contributed by atoms with Crippen LogP contribution in [0, 0.1) is 0 Å². The number of para-hydroxylation sites is 1. The van der Waals surface area contributed by atoms with Crippen molar-refractivity contribution in [3.63, 3.8) is 0 Å². The summed E-state index contributed by atoms with van der Waals surface area (Å²) in [6, 6.07) is 16.1. The van der Waals surface area contributed by atoms with Crippen molar-refractivity contribution < 1.29 is 9.59 Å². The summed E-state index contributed by atoms with van der Waals surface area (Å²) in [5.41, 5.74) is 3.53. The first-order chi connectivity index (χ1) is 14.4. The average molecular weight is 406 g/mol. The molecule has 2 aromatic rings. The fraction of sp³-hybridized carbons (Fsp3) is 0.440. The summed E-state index contributed by atoms with van der Waals surface area (Å²) in [4.78, 5) is 32.3. The molecule has 2 amide bonds. The number of benzene rings is 2. The van der Waals surface area contributed by atoms with E-state index in [1.54, 1.807) is 0 Å². The molecule has 2 aromatic carbocycles. The maximum Gasteiger partial charge on any atom is 0.260 e. The number of anilines is 1. The first-order valence-electron chi connectivity index (χ1n) is 10.9. The molecule has 4 rings (SSSR count). The first kappa shape index (κ1) is 20.6. The van der Waals surface area contributed by atoms with Crippen molar-refractivity contribution in [1.29, 1.82) is 0 Å². The standard InChI is InChI=1S/C25H31N3O2/c1-4-19-9-5-8-12-22(19)27-16-13-26(14-17-27)15-18-28-23(29)20-10-6-7-11-21(20)25(2,3)24(28)30/h5-12H,4,13-18H2,1-3H3. The molecule has 0 unspecified atom stereocenters. The molecule has 0 aliphatic carbocycles. The van der Waals surface area contributed by atoms with Gasteiger partial charge in [-0.3, -0.25) is 19.4 Å². The number of rotatable bonds is 5. The van der Waals surface area contributed by atoms with Crippen molar-refractivity contribution in [2.45, 2.75) is 32.6 Å². The zero-order valence-corrected chi connectivity index (χ0v) is 18.2. The highest BCUT2D eigenvalue weighted by atomic mass is 16.2. The lowest BCUT2D eigenvalue weighted by Gasteiger charge is -2.40. The van der Waals surface area contributed by atoms with Gasteiger partial charge in [0.1, 0.15) is 0 Å². The maximum absolute atomic E-state index is 13.1. The Kier molecular flexibility index (Phi) is 5.65. The summed E-state index contributed by atoms with van der Waals surface area (Å²) in [6.07, 6.45) is 1.03. The summed E-state index contributed by atoms with van der Waals surface area (Å²) in [5.74, 6) is -0.257. The highest BCUT2D eigenvalue weighted by Crippen LogP contribution is 2.34. The van der Waals surface area contributed by atoms with Crippen LogP contribution in [-0.2, 0) is 16.6 Å². The molecular weight excluding hydrogens is 374 g/mol. The minimum Gasteiger partial charge on any atom is -0.369 e. The molecule has 0 aromatic heterocycles. The summed E-state index contributed by atoms with van der Waals surface area (Å²) in [5, 5.41) is 0. The van der Waals surface area contributed by atoms with E-state index >= 15 is 0 Å².